The average Bonchev–Trinajstić information content (AvgIpc) is 2.55. The van der Waals surface area contributed by atoms with E-state index >= 15 is 0 Å². The van der Waals surface area contributed by atoms with E-state index < -0.39 is 0 Å². The van der Waals surface area contributed by atoms with Crippen LogP contribution in [0.2, 0.25) is 0 Å². The predicted molar refractivity (Wildman–Crippen MR) is 92.3 cm³/mol. The third kappa shape index (κ3) is 2.96. The SMILES string of the molecule is Fc1cccc(CN2CC3(CCNCC3)Nc3cc(F)ccc32)c1. The molecule has 2 aromatic rings. The molecule has 4 rings (SSSR count). The molecule has 0 amide bonds. The van der Waals surface area contributed by atoms with Gasteiger partial charge in [0.25, 0.3) is 0 Å². The zero-order valence-electron chi connectivity index (χ0n) is 13.5. The van der Waals surface area contributed by atoms with Crippen molar-refractivity contribution in [2.24, 2.45) is 0 Å². The molecule has 0 bridgehead atoms. The van der Waals surface area contributed by atoms with Crippen LogP contribution in [0.4, 0.5) is 20.2 Å². The molecule has 0 saturated carbocycles. The molecule has 1 spiro atoms. The standard InChI is InChI=1S/C19H21F2N3/c20-15-3-1-2-14(10-15)12-24-13-19(6-8-22-9-7-19)23-17-11-16(21)4-5-18(17)24/h1-5,10-11,22-23H,6-9,12-13H2. The highest BCUT2D eigenvalue weighted by atomic mass is 19.1. The molecule has 3 nitrogen and oxygen atoms in total. The van der Waals surface area contributed by atoms with E-state index in [4.69, 9.17) is 0 Å². The van der Waals surface area contributed by atoms with Gasteiger partial charge in [0.1, 0.15) is 11.6 Å². The summed E-state index contributed by atoms with van der Waals surface area (Å²) in [5.74, 6) is -0.462. The molecule has 2 aliphatic heterocycles. The number of nitrogens with one attached hydrogen (secondary N) is 2. The van der Waals surface area contributed by atoms with E-state index in [1.54, 1.807) is 18.2 Å². The largest absolute Gasteiger partial charge is 0.376 e. The minimum Gasteiger partial charge on any atom is -0.376 e. The number of halogens is 2. The number of hydrogen-bond acceptors (Lipinski definition) is 3. The van der Waals surface area contributed by atoms with Gasteiger partial charge >= 0.3 is 0 Å². The van der Waals surface area contributed by atoms with Gasteiger partial charge in [0.2, 0.25) is 0 Å². The van der Waals surface area contributed by atoms with Crippen LogP contribution in [0, 0.1) is 11.6 Å². The monoisotopic (exact) mass is 329 g/mol. The van der Waals surface area contributed by atoms with E-state index in [2.05, 4.69) is 15.5 Å². The quantitative estimate of drug-likeness (QED) is 0.883. The van der Waals surface area contributed by atoms with Crippen molar-refractivity contribution < 1.29 is 8.78 Å². The highest BCUT2D eigenvalue weighted by Gasteiger charge is 2.38. The fourth-order valence-electron chi connectivity index (χ4n) is 3.85. The summed E-state index contributed by atoms with van der Waals surface area (Å²) in [5.41, 5.74) is 2.68. The highest BCUT2D eigenvalue weighted by molar-refractivity contribution is 5.74. The Kier molecular flexibility index (Phi) is 3.88. The first-order chi connectivity index (χ1) is 11.6. The number of benzene rings is 2. The zero-order chi connectivity index (χ0) is 16.6. The molecular weight excluding hydrogens is 308 g/mol. The van der Waals surface area contributed by atoms with Crippen molar-refractivity contribution in [3.05, 3.63) is 59.7 Å². The smallest absolute Gasteiger partial charge is 0.125 e. The summed E-state index contributed by atoms with van der Waals surface area (Å²) in [6.07, 6.45) is 1.98. The van der Waals surface area contributed by atoms with Gasteiger partial charge in [-0.15, -0.1) is 0 Å². The maximum Gasteiger partial charge on any atom is 0.125 e. The Morgan fingerprint density at radius 1 is 1.00 bits per heavy atom. The second-order valence-electron chi connectivity index (χ2n) is 6.80. The topological polar surface area (TPSA) is 27.3 Å². The van der Waals surface area contributed by atoms with E-state index in [-0.39, 0.29) is 17.2 Å². The van der Waals surface area contributed by atoms with Crippen LogP contribution in [0.15, 0.2) is 42.5 Å². The van der Waals surface area contributed by atoms with Crippen LogP contribution in [-0.4, -0.2) is 25.2 Å². The normalized spacial score (nSPS) is 19.0. The van der Waals surface area contributed by atoms with Crippen molar-refractivity contribution in [3.8, 4) is 0 Å². The average molecular weight is 329 g/mol. The third-order valence-electron chi connectivity index (χ3n) is 5.02. The molecule has 2 aromatic carbocycles. The van der Waals surface area contributed by atoms with E-state index in [1.165, 1.54) is 12.1 Å². The maximum atomic E-state index is 13.7. The molecule has 1 fully saturated rings. The first-order valence-electron chi connectivity index (χ1n) is 8.41. The summed E-state index contributed by atoms with van der Waals surface area (Å²) < 4.78 is 27.3. The molecule has 0 radical (unpaired) electrons. The molecule has 0 aliphatic carbocycles. The highest BCUT2D eigenvalue weighted by Crippen LogP contribution is 2.39. The Morgan fingerprint density at radius 2 is 1.79 bits per heavy atom. The van der Waals surface area contributed by atoms with E-state index in [0.29, 0.717) is 6.54 Å². The molecule has 1 saturated heterocycles. The number of hydrogen-bond donors (Lipinski definition) is 2. The zero-order valence-corrected chi connectivity index (χ0v) is 13.5. The summed E-state index contributed by atoms with van der Waals surface area (Å²) in [7, 11) is 0. The van der Waals surface area contributed by atoms with Crippen LogP contribution < -0.4 is 15.5 Å². The minimum absolute atomic E-state index is 0.0562. The number of rotatable bonds is 2. The molecule has 0 aromatic heterocycles. The fraction of sp³-hybridized carbons (Fsp3) is 0.368. The van der Waals surface area contributed by atoms with Crippen molar-refractivity contribution in [3.63, 3.8) is 0 Å². The molecular formula is C19H21F2N3. The third-order valence-corrected chi connectivity index (χ3v) is 5.02. The lowest BCUT2D eigenvalue weighted by atomic mass is 9.85. The van der Waals surface area contributed by atoms with Gasteiger partial charge in [0.05, 0.1) is 16.9 Å². The van der Waals surface area contributed by atoms with Crippen molar-refractivity contribution in [1.29, 1.82) is 0 Å². The Bertz CT molecular complexity index is 741. The van der Waals surface area contributed by atoms with Gasteiger partial charge in [0.15, 0.2) is 0 Å². The Hall–Kier alpha value is -2.14. The van der Waals surface area contributed by atoms with E-state index in [0.717, 1.165) is 49.4 Å². The molecule has 2 N–H and O–H groups in total. The molecule has 0 unspecified atom stereocenters. The summed E-state index contributed by atoms with van der Waals surface area (Å²) >= 11 is 0. The molecule has 126 valence electrons. The minimum atomic E-state index is -0.238. The molecule has 2 heterocycles. The summed E-state index contributed by atoms with van der Waals surface area (Å²) in [4.78, 5) is 2.24. The summed E-state index contributed by atoms with van der Waals surface area (Å²) in [6.45, 7) is 3.36. The predicted octanol–water partition coefficient (Wildman–Crippen LogP) is 3.52. The molecule has 24 heavy (non-hydrogen) atoms. The maximum absolute atomic E-state index is 13.7. The first-order valence-corrected chi connectivity index (χ1v) is 8.41. The van der Waals surface area contributed by atoms with Crippen molar-refractivity contribution >= 4 is 11.4 Å². The van der Waals surface area contributed by atoms with Gasteiger partial charge in [-0.25, -0.2) is 8.78 Å². The van der Waals surface area contributed by atoms with Crippen LogP contribution in [0.3, 0.4) is 0 Å². The van der Waals surface area contributed by atoms with Crippen molar-refractivity contribution in [1.82, 2.24) is 5.32 Å². The summed E-state index contributed by atoms with van der Waals surface area (Å²) in [5, 5.41) is 6.97. The van der Waals surface area contributed by atoms with Crippen LogP contribution in [0.25, 0.3) is 0 Å². The van der Waals surface area contributed by atoms with Gasteiger partial charge in [-0.1, -0.05) is 12.1 Å². The molecule has 5 heteroatoms. The van der Waals surface area contributed by atoms with Crippen LogP contribution in [-0.2, 0) is 6.54 Å². The molecule has 2 aliphatic rings. The number of fused-ring (bicyclic) bond motifs is 1. The van der Waals surface area contributed by atoms with E-state index in [1.807, 2.05) is 12.1 Å². The second-order valence-corrected chi connectivity index (χ2v) is 6.80. The Balaban J connectivity index is 1.69. The van der Waals surface area contributed by atoms with Gasteiger partial charge in [-0.05, 0) is 61.8 Å². The second kappa shape index (κ2) is 6.06. The van der Waals surface area contributed by atoms with Crippen LogP contribution in [0.5, 0.6) is 0 Å². The van der Waals surface area contributed by atoms with Crippen molar-refractivity contribution in [2.75, 3.05) is 29.9 Å². The number of nitrogens with zero attached hydrogens (tertiary/aromatic N) is 1. The Labute approximate surface area is 140 Å². The van der Waals surface area contributed by atoms with Crippen LogP contribution >= 0.6 is 0 Å². The lowest BCUT2D eigenvalue weighted by molar-refractivity contribution is 0.332. The lowest BCUT2D eigenvalue weighted by Gasteiger charge is -2.48. The first kappa shape index (κ1) is 15.4. The fourth-order valence-corrected chi connectivity index (χ4v) is 3.85. The van der Waals surface area contributed by atoms with Gasteiger partial charge in [-0.2, -0.15) is 0 Å². The van der Waals surface area contributed by atoms with Crippen LogP contribution in [0.1, 0.15) is 18.4 Å². The van der Waals surface area contributed by atoms with Gasteiger partial charge < -0.3 is 15.5 Å². The number of piperidine rings is 1. The van der Waals surface area contributed by atoms with E-state index in [9.17, 15) is 8.78 Å². The Morgan fingerprint density at radius 3 is 2.58 bits per heavy atom. The van der Waals surface area contributed by atoms with Gasteiger partial charge in [0, 0.05) is 13.1 Å². The van der Waals surface area contributed by atoms with Crippen molar-refractivity contribution in [2.45, 2.75) is 24.9 Å². The lowest BCUT2D eigenvalue weighted by Crippen LogP contribution is -2.57. The van der Waals surface area contributed by atoms with Gasteiger partial charge in [-0.3, -0.25) is 0 Å². The number of anilines is 2. The molecule has 0 atom stereocenters. The summed E-state index contributed by atoms with van der Waals surface area (Å²) in [6, 6.07) is 11.6.